The third-order valence-electron chi connectivity index (χ3n) is 4.20. The molecule has 0 aromatic carbocycles. The predicted octanol–water partition coefficient (Wildman–Crippen LogP) is 0.671. The largest absolute Gasteiger partial charge is 0.326 e. The van der Waals surface area contributed by atoms with Crippen molar-refractivity contribution in [1.82, 2.24) is 5.32 Å². The fourth-order valence-electron chi connectivity index (χ4n) is 2.94. The van der Waals surface area contributed by atoms with Crippen LogP contribution in [0.3, 0.4) is 0 Å². The monoisotopic (exact) mass is 260 g/mol. The Kier molecular flexibility index (Phi) is 4.44. The van der Waals surface area contributed by atoms with E-state index in [1.54, 1.807) is 0 Å². The first-order chi connectivity index (χ1) is 8.07. The Hall–Kier alpha value is -0.130. The Morgan fingerprint density at radius 3 is 2.29 bits per heavy atom. The summed E-state index contributed by atoms with van der Waals surface area (Å²) in [6.07, 6.45) is 6.69. The van der Waals surface area contributed by atoms with Crippen LogP contribution < -0.4 is 11.1 Å². The van der Waals surface area contributed by atoms with E-state index in [1.165, 1.54) is 25.7 Å². The third-order valence-corrected chi connectivity index (χ3v) is 5.92. The van der Waals surface area contributed by atoms with E-state index in [4.69, 9.17) is 5.73 Å². The van der Waals surface area contributed by atoms with Gasteiger partial charge >= 0.3 is 0 Å². The molecule has 0 bridgehead atoms. The number of nitrogens with two attached hydrogens (primary N) is 1. The van der Waals surface area contributed by atoms with Crippen molar-refractivity contribution in [3.8, 4) is 0 Å². The minimum absolute atomic E-state index is 0.117. The quantitative estimate of drug-likeness (QED) is 0.779. The summed E-state index contributed by atoms with van der Waals surface area (Å²) in [5, 5.41) is 3.52. The Bertz CT molecular complexity index is 322. The van der Waals surface area contributed by atoms with Crippen LogP contribution in [0.25, 0.3) is 0 Å². The van der Waals surface area contributed by atoms with Gasteiger partial charge in [0.25, 0.3) is 0 Å². The molecule has 2 fully saturated rings. The van der Waals surface area contributed by atoms with Gasteiger partial charge in [0.2, 0.25) is 0 Å². The molecular formula is C12H24N2O2S. The molecule has 1 atom stereocenters. The van der Waals surface area contributed by atoms with Gasteiger partial charge in [-0.2, -0.15) is 0 Å². The molecule has 17 heavy (non-hydrogen) atoms. The second-order valence-electron chi connectivity index (χ2n) is 5.54. The zero-order valence-corrected chi connectivity index (χ0v) is 11.2. The summed E-state index contributed by atoms with van der Waals surface area (Å²) < 4.78 is 22.7. The summed E-state index contributed by atoms with van der Waals surface area (Å²) in [6, 6.07) is 0.763. The molecule has 1 saturated heterocycles. The highest BCUT2D eigenvalue weighted by Gasteiger charge is 2.28. The molecule has 0 radical (unpaired) electrons. The van der Waals surface area contributed by atoms with Gasteiger partial charge in [-0.1, -0.05) is 12.8 Å². The van der Waals surface area contributed by atoms with Crippen LogP contribution in [0, 0.1) is 5.92 Å². The lowest BCUT2D eigenvalue weighted by Gasteiger charge is -2.28. The normalized spacial score (nSPS) is 28.3. The molecule has 1 saturated carbocycles. The van der Waals surface area contributed by atoms with Crippen LogP contribution in [0.4, 0.5) is 0 Å². The second kappa shape index (κ2) is 5.67. The minimum atomic E-state index is -2.76. The summed E-state index contributed by atoms with van der Waals surface area (Å²) >= 11 is 0. The molecule has 0 spiro atoms. The molecular weight excluding hydrogens is 236 g/mol. The highest BCUT2D eigenvalue weighted by Crippen LogP contribution is 2.22. The van der Waals surface area contributed by atoms with Crippen molar-refractivity contribution in [3.05, 3.63) is 0 Å². The van der Waals surface area contributed by atoms with Crippen LogP contribution in [0.1, 0.15) is 38.5 Å². The van der Waals surface area contributed by atoms with Crippen molar-refractivity contribution in [3.63, 3.8) is 0 Å². The lowest BCUT2D eigenvalue weighted by molar-refractivity contribution is 0.354. The lowest BCUT2D eigenvalue weighted by atomic mass is 9.94. The number of hydrogen-bond donors (Lipinski definition) is 2. The van der Waals surface area contributed by atoms with Gasteiger partial charge in [-0.25, -0.2) is 8.42 Å². The van der Waals surface area contributed by atoms with Crippen molar-refractivity contribution in [2.75, 3.05) is 18.1 Å². The molecule has 2 rings (SSSR count). The molecule has 0 aromatic rings. The molecule has 100 valence electrons. The third kappa shape index (κ3) is 3.93. The van der Waals surface area contributed by atoms with Crippen molar-refractivity contribution in [2.45, 2.75) is 50.6 Å². The van der Waals surface area contributed by atoms with Crippen LogP contribution >= 0.6 is 0 Å². The predicted molar refractivity (Wildman–Crippen MR) is 69.6 cm³/mol. The first kappa shape index (κ1) is 13.3. The van der Waals surface area contributed by atoms with E-state index in [0.717, 1.165) is 19.4 Å². The molecule has 0 amide bonds. The Morgan fingerprint density at radius 1 is 1.12 bits per heavy atom. The fourth-order valence-corrected chi connectivity index (χ4v) is 4.46. The number of rotatable bonds is 4. The van der Waals surface area contributed by atoms with E-state index >= 15 is 0 Å². The van der Waals surface area contributed by atoms with Crippen molar-refractivity contribution < 1.29 is 8.42 Å². The lowest BCUT2D eigenvalue weighted by Crippen LogP contribution is -2.45. The highest BCUT2D eigenvalue weighted by atomic mass is 32.2. The van der Waals surface area contributed by atoms with Crippen molar-refractivity contribution in [2.24, 2.45) is 11.7 Å². The molecule has 2 aliphatic rings. The summed E-state index contributed by atoms with van der Waals surface area (Å²) in [4.78, 5) is 0. The van der Waals surface area contributed by atoms with E-state index in [9.17, 15) is 8.42 Å². The molecule has 1 heterocycles. The maximum absolute atomic E-state index is 11.3. The zero-order valence-electron chi connectivity index (χ0n) is 10.4. The molecule has 4 nitrogen and oxygen atoms in total. The molecule has 5 heteroatoms. The van der Waals surface area contributed by atoms with Gasteiger partial charge in [0.1, 0.15) is 9.84 Å². The van der Waals surface area contributed by atoms with Crippen LogP contribution in [0.15, 0.2) is 0 Å². The molecule has 1 unspecified atom stereocenters. The van der Waals surface area contributed by atoms with Crippen LogP contribution in [0.2, 0.25) is 0 Å². The topological polar surface area (TPSA) is 72.2 Å². The van der Waals surface area contributed by atoms with Crippen molar-refractivity contribution >= 4 is 9.84 Å². The SMILES string of the molecule is NC(CNC1CCCC1)C1CCS(=O)(=O)CC1. The maximum Gasteiger partial charge on any atom is 0.150 e. The number of sulfone groups is 1. The Morgan fingerprint density at radius 2 is 1.71 bits per heavy atom. The summed E-state index contributed by atoms with van der Waals surface area (Å²) in [6.45, 7) is 0.843. The van der Waals surface area contributed by atoms with Gasteiger partial charge < -0.3 is 11.1 Å². The first-order valence-corrected chi connectivity index (χ1v) is 8.58. The van der Waals surface area contributed by atoms with Gasteiger partial charge in [-0.3, -0.25) is 0 Å². The van der Waals surface area contributed by atoms with E-state index in [-0.39, 0.29) is 6.04 Å². The summed E-state index contributed by atoms with van der Waals surface area (Å²) in [5.41, 5.74) is 6.16. The Labute approximate surface area is 104 Å². The average Bonchev–Trinajstić information content (AvgIpc) is 2.78. The van der Waals surface area contributed by atoms with Crippen LogP contribution in [0.5, 0.6) is 0 Å². The fraction of sp³-hybridized carbons (Fsp3) is 1.00. The van der Waals surface area contributed by atoms with Gasteiger partial charge in [0.05, 0.1) is 11.5 Å². The molecule has 1 aliphatic heterocycles. The first-order valence-electron chi connectivity index (χ1n) is 6.76. The molecule has 3 N–H and O–H groups in total. The van der Waals surface area contributed by atoms with Gasteiger partial charge in [-0.15, -0.1) is 0 Å². The van der Waals surface area contributed by atoms with E-state index in [2.05, 4.69) is 5.32 Å². The minimum Gasteiger partial charge on any atom is -0.326 e. The maximum atomic E-state index is 11.3. The van der Waals surface area contributed by atoms with E-state index in [1.807, 2.05) is 0 Å². The average molecular weight is 260 g/mol. The summed E-state index contributed by atoms with van der Waals surface area (Å²) in [5.74, 6) is 1.04. The van der Waals surface area contributed by atoms with Gasteiger partial charge in [0.15, 0.2) is 0 Å². The zero-order chi connectivity index (χ0) is 12.3. The van der Waals surface area contributed by atoms with Gasteiger partial charge in [0, 0.05) is 18.6 Å². The van der Waals surface area contributed by atoms with Crippen molar-refractivity contribution in [1.29, 1.82) is 0 Å². The molecule has 0 aromatic heterocycles. The van der Waals surface area contributed by atoms with E-state index in [0.29, 0.717) is 23.5 Å². The second-order valence-corrected chi connectivity index (χ2v) is 7.85. The van der Waals surface area contributed by atoms with E-state index < -0.39 is 9.84 Å². The number of hydrogen-bond acceptors (Lipinski definition) is 4. The summed E-state index contributed by atoms with van der Waals surface area (Å²) in [7, 11) is -2.76. The standard InChI is InChI=1S/C12H24N2O2S/c13-12(9-14-11-3-1-2-4-11)10-5-7-17(15,16)8-6-10/h10-12,14H,1-9,13H2. The Balaban J connectivity index is 1.71. The smallest absolute Gasteiger partial charge is 0.150 e. The van der Waals surface area contributed by atoms with Gasteiger partial charge in [-0.05, 0) is 31.6 Å². The van der Waals surface area contributed by atoms with Crippen LogP contribution in [-0.4, -0.2) is 38.6 Å². The highest BCUT2D eigenvalue weighted by molar-refractivity contribution is 7.91. The van der Waals surface area contributed by atoms with Crippen LogP contribution in [-0.2, 0) is 9.84 Å². The molecule has 1 aliphatic carbocycles. The number of nitrogens with one attached hydrogen (secondary N) is 1.